The van der Waals surface area contributed by atoms with E-state index in [1.54, 1.807) is 41.3 Å². The summed E-state index contributed by atoms with van der Waals surface area (Å²) in [5.74, 6) is -0.449. The number of ether oxygens (including phenoxy) is 1. The second kappa shape index (κ2) is 6.79. The van der Waals surface area contributed by atoms with Crippen LogP contribution in [-0.2, 0) is 27.9 Å². The number of hydrogen-bond donors (Lipinski definition) is 1. The zero-order chi connectivity index (χ0) is 17.1. The van der Waals surface area contributed by atoms with Gasteiger partial charge in [-0.25, -0.2) is 0 Å². The fourth-order valence-corrected chi connectivity index (χ4v) is 2.71. The predicted octanol–water partition coefficient (Wildman–Crippen LogP) is 0.0298. The Bertz CT molecular complexity index is 730. The van der Waals surface area contributed by atoms with Gasteiger partial charge in [-0.3, -0.25) is 19.3 Å². The summed E-state index contributed by atoms with van der Waals surface area (Å²) < 4.78 is 7.22. The number of nitrogens with one attached hydrogen (secondary N) is 1. The van der Waals surface area contributed by atoms with Gasteiger partial charge in [-0.1, -0.05) is 6.07 Å². The first kappa shape index (κ1) is 16.1. The Labute approximate surface area is 139 Å². The normalized spacial score (nSPS) is 20.5. The summed E-state index contributed by atoms with van der Waals surface area (Å²) >= 11 is 0. The molecule has 24 heavy (non-hydrogen) atoms. The predicted molar refractivity (Wildman–Crippen MR) is 84.5 cm³/mol. The minimum Gasteiger partial charge on any atom is -0.356 e. The standard InChI is InChI=1S/C16H19N5O3/c1-20(8-11-6-18-21(2)9-11)16(23)15-14(19-13(22)10-24-15)12-4-3-5-17-7-12/h3-7,9,14-15H,8,10H2,1-2H3,(H,19,22)/t14-,15+/m1/s1. The van der Waals surface area contributed by atoms with Gasteiger partial charge in [-0.15, -0.1) is 0 Å². The number of amides is 2. The van der Waals surface area contributed by atoms with Crippen molar-refractivity contribution >= 4 is 11.8 Å². The van der Waals surface area contributed by atoms with E-state index in [1.165, 1.54) is 0 Å². The Morgan fingerprint density at radius 3 is 3.00 bits per heavy atom. The van der Waals surface area contributed by atoms with Crippen LogP contribution in [0.2, 0.25) is 0 Å². The average Bonchev–Trinajstić information content (AvgIpc) is 3.00. The first-order valence-corrected chi connectivity index (χ1v) is 7.58. The van der Waals surface area contributed by atoms with Gasteiger partial charge in [0.15, 0.2) is 6.10 Å². The second-order valence-corrected chi connectivity index (χ2v) is 5.78. The lowest BCUT2D eigenvalue weighted by molar-refractivity contribution is -0.154. The zero-order valence-corrected chi connectivity index (χ0v) is 13.5. The first-order chi connectivity index (χ1) is 11.5. The molecule has 8 nitrogen and oxygen atoms in total. The Morgan fingerprint density at radius 2 is 2.33 bits per heavy atom. The number of likely N-dealkylation sites (N-methyl/N-ethyl adjacent to an activating group) is 1. The molecule has 0 aliphatic carbocycles. The highest BCUT2D eigenvalue weighted by Gasteiger charge is 2.37. The van der Waals surface area contributed by atoms with Crippen LogP contribution in [0.25, 0.3) is 0 Å². The molecule has 0 bridgehead atoms. The molecule has 1 saturated heterocycles. The highest BCUT2D eigenvalue weighted by Crippen LogP contribution is 2.23. The Hall–Kier alpha value is -2.74. The molecule has 1 aliphatic rings. The van der Waals surface area contributed by atoms with Crippen LogP contribution in [0.15, 0.2) is 36.9 Å². The highest BCUT2D eigenvalue weighted by molar-refractivity contribution is 5.86. The second-order valence-electron chi connectivity index (χ2n) is 5.78. The van der Waals surface area contributed by atoms with Crippen molar-refractivity contribution < 1.29 is 14.3 Å². The SMILES string of the molecule is CN(Cc1cnn(C)c1)C(=O)[C@H]1OCC(=O)N[C@@H]1c1cccnc1. The molecule has 1 N–H and O–H groups in total. The van der Waals surface area contributed by atoms with Gasteiger partial charge in [-0.05, 0) is 11.6 Å². The van der Waals surface area contributed by atoms with Crippen LogP contribution in [0.4, 0.5) is 0 Å². The van der Waals surface area contributed by atoms with Crippen molar-refractivity contribution in [1.82, 2.24) is 25.0 Å². The van der Waals surface area contributed by atoms with Gasteiger partial charge in [0.25, 0.3) is 5.91 Å². The molecule has 0 radical (unpaired) electrons. The number of aryl methyl sites for hydroxylation is 1. The lowest BCUT2D eigenvalue weighted by atomic mass is 10.0. The molecular weight excluding hydrogens is 310 g/mol. The topological polar surface area (TPSA) is 89.4 Å². The number of aromatic nitrogens is 3. The monoisotopic (exact) mass is 329 g/mol. The van der Waals surface area contributed by atoms with E-state index >= 15 is 0 Å². The van der Waals surface area contributed by atoms with Gasteiger partial charge in [-0.2, -0.15) is 5.10 Å². The molecular formula is C16H19N5O3. The number of pyridine rings is 1. The van der Waals surface area contributed by atoms with Crippen molar-refractivity contribution in [2.45, 2.75) is 18.7 Å². The summed E-state index contributed by atoms with van der Waals surface area (Å²) in [6.45, 7) is 0.286. The van der Waals surface area contributed by atoms with E-state index in [9.17, 15) is 9.59 Å². The van der Waals surface area contributed by atoms with E-state index < -0.39 is 12.1 Å². The maximum absolute atomic E-state index is 12.8. The molecule has 0 spiro atoms. The number of morpholine rings is 1. The lowest BCUT2D eigenvalue weighted by Gasteiger charge is -2.33. The van der Waals surface area contributed by atoms with E-state index in [0.717, 1.165) is 11.1 Å². The van der Waals surface area contributed by atoms with Crippen LogP contribution in [0.5, 0.6) is 0 Å². The molecule has 0 aromatic carbocycles. The van der Waals surface area contributed by atoms with Crippen molar-refractivity contribution in [3.8, 4) is 0 Å². The van der Waals surface area contributed by atoms with Crippen molar-refractivity contribution in [3.05, 3.63) is 48.0 Å². The number of carbonyl (C=O) groups is 2. The Balaban J connectivity index is 1.76. The molecule has 0 saturated carbocycles. The number of nitrogens with zero attached hydrogens (tertiary/aromatic N) is 4. The molecule has 1 fully saturated rings. The van der Waals surface area contributed by atoms with Crippen molar-refractivity contribution in [2.75, 3.05) is 13.7 Å². The number of carbonyl (C=O) groups excluding carboxylic acids is 2. The summed E-state index contributed by atoms with van der Waals surface area (Å²) in [6.07, 6.45) is 6.05. The van der Waals surface area contributed by atoms with Crippen molar-refractivity contribution in [2.24, 2.45) is 7.05 Å². The van der Waals surface area contributed by atoms with Gasteiger partial charge < -0.3 is 15.0 Å². The molecule has 1 aliphatic heterocycles. The Kier molecular flexibility index (Phi) is 4.57. The third kappa shape index (κ3) is 3.43. The molecule has 2 atom stereocenters. The van der Waals surface area contributed by atoms with Crippen LogP contribution in [0, 0.1) is 0 Å². The van der Waals surface area contributed by atoms with Gasteiger partial charge >= 0.3 is 0 Å². The van der Waals surface area contributed by atoms with E-state index in [-0.39, 0.29) is 18.4 Å². The molecule has 3 heterocycles. The van der Waals surface area contributed by atoms with E-state index in [0.29, 0.717) is 6.54 Å². The maximum atomic E-state index is 12.8. The molecule has 0 unspecified atom stereocenters. The molecule has 126 valence electrons. The van der Waals surface area contributed by atoms with Crippen LogP contribution >= 0.6 is 0 Å². The summed E-state index contributed by atoms with van der Waals surface area (Å²) in [4.78, 5) is 30.1. The Morgan fingerprint density at radius 1 is 1.50 bits per heavy atom. The molecule has 2 amide bonds. The number of hydrogen-bond acceptors (Lipinski definition) is 5. The maximum Gasteiger partial charge on any atom is 0.254 e. The molecule has 8 heteroatoms. The summed E-state index contributed by atoms with van der Waals surface area (Å²) in [5, 5.41) is 6.91. The van der Waals surface area contributed by atoms with E-state index in [4.69, 9.17) is 4.74 Å². The quantitative estimate of drug-likeness (QED) is 0.855. The van der Waals surface area contributed by atoms with Crippen molar-refractivity contribution in [3.63, 3.8) is 0 Å². The number of rotatable bonds is 4. The van der Waals surface area contributed by atoms with Crippen LogP contribution in [0.3, 0.4) is 0 Å². The lowest BCUT2D eigenvalue weighted by Crippen LogP contribution is -2.52. The summed E-state index contributed by atoms with van der Waals surface area (Å²) in [7, 11) is 3.53. The zero-order valence-electron chi connectivity index (χ0n) is 13.5. The van der Waals surface area contributed by atoms with E-state index in [2.05, 4.69) is 15.4 Å². The largest absolute Gasteiger partial charge is 0.356 e. The van der Waals surface area contributed by atoms with E-state index in [1.807, 2.05) is 19.3 Å². The summed E-state index contributed by atoms with van der Waals surface area (Å²) in [6, 6.07) is 3.02. The molecule has 3 rings (SSSR count). The van der Waals surface area contributed by atoms with Gasteiger partial charge in [0, 0.05) is 44.8 Å². The average molecular weight is 329 g/mol. The van der Waals surface area contributed by atoms with Gasteiger partial charge in [0.05, 0.1) is 12.2 Å². The minimum absolute atomic E-state index is 0.131. The summed E-state index contributed by atoms with van der Waals surface area (Å²) in [5.41, 5.74) is 1.66. The third-order valence-corrected chi connectivity index (χ3v) is 3.85. The molecule has 2 aromatic heterocycles. The van der Waals surface area contributed by atoms with Crippen LogP contribution in [-0.4, -0.2) is 51.2 Å². The fraction of sp³-hybridized carbons (Fsp3) is 0.375. The highest BCUT2D eigenvalue weighted by atomic mass is 16.5. The molecule has 2 aromatic rings. The minimum atomic E-state index is -0.784. The van der Waals surface area contributed by atoms with Crippen molar-refractivity contribution in [1.29, 1.82) is 0 Å². The first-order valence-electron chi connectivity index (χ1n) is 7.58. The smallest absolute Gasteiger partial charge is 0.254 e. The third-order valence-electron chi connectivity index (χ3n) is 3.85. The fourth-order valence-electron chi connectivity index (χ4n) is 2.71. The van der Waals surface area contributed by atoms with Gasteiger partial charge in [0.2, 0.25) is 5.91 Å². The van der Waals surface area contributed by atoms with Gasteiger partial charge in [0.1, 0.15) is 6.61 Å². The van der Waals surface area contributed by atoms with Crippen LogP contribution < -0.4 is 5.32 Å². The van der Waals surface area contributed by atoms with Crippen LogP contribution in [0.1, 0.15) is 17.2 Å².